The number of pyridine rings is 1. The zero-order chi connectivity index (χ0) is 16.2. The first-order valence-electron chi connectivity index (χ1n) is 7.37. The van der Waals surface area contributed by atoms with Crippen LogP contribution in [-0.2, 0) is 4.79 Å². The monoisotopic (exact) mass is 324 g/mol. The first kappa shape index (κ1) is 15.4. The van der Waals surface area contributed by atoms with Crippen molar-refractivity contribution < 1.29 is 9.59 Å². The van der Waals surface area contributed by atoms with Gasteiger partial charge < -0.3 is 5.32 Å². The highest BCUT2D eigenvalue weighted by Gasteiger charge is 2.12. The molecule has 0 spiro atoms. The van der Waals surface area contributed by atoms with Crippen LogP contribution in [0.25, 0.3) is 10.9 Å². The fourth-order valence-electron chi connectivity index (χ4n) is 2.35. The standard InChI is InChI=1S/C18H16N2O2S/c1-12-7-9-16(23-12)15(21)8-10-17(22)20-14-6-2-4-13-5-3-11-19-18(13)14/h2-7,9,11H,8,10H2,1H3,(H,20,22). The lowest BCUT2D eigenvalue weighted by molar-refractivity contribution is -0.116. The Morgan fingerprint density at radius 3 is 2.70 bits per heavy atom. The minimum atomic E-state index is -0.176. The molecule has 2 aromatic heterocycles. The summed E-state index contributed by atoms with van der Waals surface area (Å²) < 4.78 is 0. The molecule has 3 rings (SSSR count). The SMILES string of the molecule is Cc1ccc(C(=O)CCC(=O)Nc2cccc3cccnc23)s1. The maximum Gasteiger partial charge on any atom is 0.224 e. The molecule has 5 heteroatoms. The molecular weight excluding hydrogens is 308 g/mol. The molecule has 1 N–H and O–H groups in total. The summed E-state index contributed by atoms with van der Waals surface area (Å²) in [6, 6.07) is 13.2. The molecule has 0 atom stereocenters. The number of benzene rings is 1. The van der Waals surface area contributed by atoms with Crippen molar-refractivity contribution in [1.29, 1.82) is 0 Å². The largest absolute Gasteiger partial charge is 0.324 e. The van der Waals surface area contributed by atoms with Crippen LogP contribution in [0, 0.1) is 6.92 Å². The highest BCUT2D eigenvalue weighted by molar-refractivity contribution is 7.14. The third-order valence-corrected chi connectivity index (χ3v) is 4.54. The van der Waals surface area contributed by atoms with E-state index < -0.39 is 0 Å². The van der Waals surface area contributed by atoms with E-state index in [2.05, 4.69) is 10.3 Å². The van der Waals surface area contributed by atoms with Crippen LogP contribution in [-0.4, -0.2) is 16.7 Å². The van der Waals surface area contributed by atoms with Crippen molar-refractivity contribution >= 4 is 39.6 Å². The normalized spacial score (nSPS) is 10.7. The van der Waals surface area contributed by atoms with E-state index in [1.807, 2.05) is 49.4 Å². The van der Waals surface area contributed by atoms with Crippen LogP contribution in [0.4, 0.5) is 5.69 Å². The molecule has 0 saturated heterocycles. The number of para-hydroxylation sites is 1. The predicted octanol–water partition coefficient (Wildman–Crippen LogP) is 4.21. The number of ketones is 1. The second-order valence-electron chi connectivity index (χ2n) is 5.26. The third kappa shape index (κ3) is 3.63. The van der Waals surface area contributed by atoms with Gasteiger partial charge in [-0.25, -0.2) is 0 Å². The van der Waals surface area contributed by atoms with Gasteiger partial charge in [0, 0.05) is 29.3 Å². The van der Waals surface area contributed by atoms with Gasteiger partial charge in [-0.2, -0.15) is 0 Å². The van der Waals surface area contributed by atoms with Crippen LogP contribution >= 0.6 is 11.3 Å². The number of rotatable bonds is 5. The zero-order valence-corrected chi connectivity index (χ0v) is 13.5. The zero-order valence-electron chi connectivity index (χ0n) is 12.7. The fourth-order valence-corrected chi connectivity index (χ4v) is 3.19. The summed E-state index contributed by atoms with van der Waals surface area (Å²) in [6.07, 6.45) is 2.07. The van der Waals surface area contributed by atoms with Gasteiger partial charge in [0.25, 0.3) is 0 Å². The minimum absolute atomic E-state index is 0.00861. The van der Waals surface area contributed by atoms with Crippen LogP contribution in [0.5, 0.6) is 0 Å². The smallest absolute Gasteiger partial charge is 0.224 e. The molecule has 0 bridgehead atoms. The third-order valence-electron chi connectivity index (χ3n) is 3.50. The van der Waals surface area contributed by atoms with E-state index in [1.165, 1.54) is 11.3 Å². The lowest BCUT2D eigenvalue weighted by Gasteiger charge is -2.07. The maximum atomic E-state index is 12.1. The molecule has 0 fully saturated rings. The summed E-state index contributed by atoms with van der Waals surface area (Å²) in [5.74, 6) is -0.168. The van der Waals surface area contributed by atoms with Gasteiger partial charge in [-0.05, 0) is 31.2 Å². The number of aryl methyl sites for hydroxylation is 1. The summed E-state index contributed by atoms with van der Waals surface area (Å²) in [4.78, 5) is 30.3. The number of carbonyl (C=O) groups excluding carboxylic acids is 2. The van der Waals surface area contributed by atoms with Crippen molar-refractivity contribution in [2.45, 2.75) is 19.8 Å². The quantitative estimate of drug-likeness (QED) is 0.715. The van der Waals surface area contributed by atoms with Crippen LogP contribution in [0.1, 0.15) is 27.4 Å². The van der Waals surface area contributed by atoms with Crippen LogP contribution < -0.4 is 5.32 Å². The number of hydrogen-bond acceptors (Lipinski definition) is 4. The summed E-state index contributed by atoms with van der Waals surface area (Å²) >= 11 is 1.46. The predicted molar refractivity (Wildman–Crippen MR) is 93.0 cm³/mol. The van der Waals surface area contributed by atoms with Crippen molar-refractivity contribution in [1.82, 2.24) is 4.98 Å². The number of amides is 1. The number of nitrogens with one attached hydrogen (secondary N) is 1. The highest BCUT2D eigenvalue weighted by Crippen LogP contribution is 2.21. The number of thiophene rings is 1. The molecule has 0 aliphatic rings. The number of anilines is 1. The second kappa shape index (κ2) is 6.71. The van der Waals surface area contributed by atoms with E-state index in [-0.39, 0.29) is 24.5 Å². The molecule has 2 heterocycles. The average molecular weight is 324 g/mol. The van der Waals surface area contributed by atoms with E-state index in [0.29, 0.717) is 10.6 Å². The number of nitrogens with zero attached hydrogens (tertiary/aromatic N) is 1. The number of hydrogen-bond donors (Lipinski definition) is 1. The number of Topliss-reactive ketones (excluding diaryl/α,β-unsaturated/α-hetero) is 1. The number of carbonyl (C=O) groups is 2. The van der Waals surface area contributed by atoms with Gasteiger partial charge in [-0.15, -0.1) is 11.3 Å². The van der Waals surface area contributed by atoms with Crippen molar-refractivity contribution in [3.8, 4) is 0 Å². The molecule has 1 amide bonds. The first-order chi connectivity index (χ1) is 11.1. The van der Waals surface area contributed by atoms with E-state index in [4.69, 9.17) is 0 Å². The van der Waals surface area contributed by atoms with Crippen LogP contribution in [0.3, 0.4) is 0 Å². The summed E-state index contributed by atoms with van der Waals surface area (Å²) in [5, 5.41) is 3.81. The van der Waals surface area contributed by atoms with Crippen molar-refractivity contribution in [3.05, 3.63) is 58.4 Å². The molecule has 3 aromatic rings. The molecule has 1 aromatic carbocycles. The Hall–Kier alpha value is -2.53. The van der Waals surface area contributed by atoms with Gasteiger partial charge in [-0.1, -0.05) is 18.2 Å². The highest BCUT2D eigenvalue weighted by atomic mass is 32.1. The van der Waals surface area contributed by atoms with Crippen molar-refractivity contribution in [2.24, 2.45) is 0 Å². The van der Waals surface area contributed by atoms with E-state index in [0.717, 1.165) is 15.8 Å². The summed E-state index contributed by atoms with van der Waals surface area (Å²) in [6.45, 7) is 1.96. The van der Waals surface area contributed by atoms with Gasteiger partial charge in [0.15, 0.2) is 5.78 Å². The van der Waals surface area contributed by atoms with E-state index >= 15 is 0 Å². The summed E-state index contributed by atoms with van der Waals surface area (Å²) in [5.41, 5.74) is 1.43. The van der Waals surface area contributed by atoms with Crippen molar-refractivity contribution in [2.75, 3.05) is 5.32 Å². The number of fused-ring (bicyclic) bond motifs is 1. The van der Waals surface area contributed by atoms with Gasteiger partial charge in [0.1, 0.15) is 0 Å². The number of aromatic nitrogens is 1. The summed E-state index contributed by atoms with van der Waals surface area (Å²) in [7, 11) is 0. The van der Waals surface area contributed by atoms with Gasteiger partial charge >= 0.3 is 0 Å². The second-order valence-corrected chi connectivity index (χ2v) is 6.55. The Morgan fingerprint density at radius 2 is 1.91 bits per heavy atom. The Labute approximate surface area is 138 Å². The average Bonchev–Trinajstić information content (AvgIpc) is 2.99. The fraction of sp³-hybridized carbons (Fsp3) is 0.167. The molecule has 0 saturated carbocycles. The molecule has 4 nitrogen and oxygen atoms in total. The lowest BCUT2D eigenvalue weighted by Crippen LogP contribution is -2.13. The minimum Gasteiger partial charge on any atom is -0.324 e. The Morgan fingerprint density at radius 1 is 1.09 bits per heavy atom. The molecule has 116 valence electrons. The van der Waals surface area contributed by atoms with Gasteiger partial charge in [0.2, 0.25) is 5.91 Å². The van der Waals surface area contributed by atoms with Crippen LogP contribution in [0.2, 0.25) is 0 Å². The van der Waals surface area contributed by atoms with Crippen molar-refractivity contribution in [3.63, 3.8) is 0 Å². The molecule has 0 radical (unpaired) electrons. The molecule has 0 aliphatic carbocycles. The van der Waals surface area contributed by atoms with Crippen LogP contribution in [0.15, 0.2) is 48.7 Å². The lowest BCUT2D eigenvalue weighted by atomic mass is 10.1. The van der Waals surface area contributed by atoms with E-state index in [1.54, 1.807) is 6.20 Å². The van der Waals surface area contributed by atoms with Gasteiger partial charge in [0.05, 0.1) is 16.1 Å². The topological polar surface area (TPSA) is 59.1 Å². The maximum absolute atomic E-state index is 12.1. The Bertz CT molecular complexity index is 865. The molecule has 0 unspecified atom stereocenters. The Balaban J connectivity index is 1.64. The van der Waals surface area contributed by atoms with Gasteiger partial charge in [-0.3, -0.25) is 14.6 Å². The molecular formula is C18H16N2O2S. The Kier molecular flexibility index (Phi) is 4.48. The van der Waals surface area contributed by atoms with E-state index in [9.17, 15) is 9.59 Å². The first-order valence-corrected chi connectivity index (χ1v) is 8.18. The molecule has 0 aliphatic heterocycles. The molecule has 23 heavy (non-hydrogen) atoms.